The topological polar surface area (TPSA) is 61.2 Å². The number of rotatable bonds is 9. The van der Waals surface area contributed by atoms with Gasteiger partial charge in [-0.05, 0) is 36.8 Å². The second kappa shape index (κ2) is 10.7. The second-order valence-corrected chi connectivity index (χ2v) is 6.79. The number of carbonyl (C=O) groups excluding carboxylic acids is 1. The maximum absolute atomic E-state index is 12.5. The molecule has 0 aromatic heterocycles. The van der Waals surface area contributed by atoms with Crippen molar-refractivity contribution in [3.8, 4) is 11.5 Å². The summed E-state index contributed by atoms with van der Waals surface area (Å²) in [6, 6.07) is 17.3. The van der Waals surface area contributed by atoms with Crippen LogP contribution in [-0.2, 0) is 9.53 Å². The average molecular weight is 385 g/mol. The zero-order valence-corrected chi connectivity index (χ0v) is 16.4. The van der Waals surface area contributed by atoms with E-state index in [1.54, 1.807) is 0 Å². The second-order valence-electron chi connectivity index (χ2n) is 6.79. The summed E-state index contributed by atoms with van der Waals surface area (Å²) in [7, 11) is 0. The SMILES string of the molecule is CCOc1ccc(OCC(=O)N[C@H](C[NH+]2CCOCC2)c2ccccc2)cc1. The highest BCUT2D eigenvalue weighted by Crippen LogP contribution is 2.17. The molecule has 1 aliphatic rings. The first-order valence-corrected chi connectivity index (χ1v) is 9.86. The Morgan fingerprint density at radius 2 is 1.68 bits per heavy atom. The molecule has 2 N–H and O–H groups in total. The first-order valence-electron chi connectivity index (χ1n) is 9.86. The van der Waals surface area contributed by atoms with Gasteiger partial charge in [-0.15, -0.1) is 0 Å². The van der Waals surface area contributed by atoms with Crippen molar-refractivity contribution in [1.29, 1.82) is 0 Å². The molecular weight excluding hydrogens is 356 g/mol. The zero-order chi connectivity index (χ0) is 19.6. The van der Waals surface area contributed by atoms with E-state index in [9.17, 15) is 4.79 Å². The normalized spacial score (nSPS) is 15.6. The minimum Gasteiger partial charge on any atom is -0.494 e. The maximum atomic E-state index is 12.5. The summed E-state index contributed by atoms with van der Waals surface area (Å²) in [6.07, 6.45) is 0. The molecule has 6 nitrogen and oxygen atoms in total. The Morgan fingerprint density at radius 1 is 1.04 bits per heavy atom. The van der Waals surface area contributed by atoms with E-state index in [4.69, 9.17) is 14.2 Å². The van der Waals surface area contributed by atoms with Crippen LogP contribution in [0.1, 0.15) is 18.5 Å². The van der Waals surface area contributed by atoms with Crippen LogP contribution in [0.4, 0.5) is 0 Å². The third kappa shape index (κ3) is 6.25. The molecule has 1 heterocycles. The highest BCUT2D eigenvalue weighted by atomic mass is 16.5. The van der Waals surface area contributed by atoms with E-state index in [0.717, 1.165) is 44.2 Å². The number of quaternary nitrogens is 1. The molecule has 0 saturated carbocycles. The van der Waals surface area contributed by atoms with Crippen LogP contribution in [0.5, 0.6) is 11.5 Å². The van der Waals surface area contributed by atoms with Gasteiger partial charge in [0.05, 0.1) is 19.8 Å². The highest BCUT2D eigenvalue weighted by molar-refractivity contribution is 5.78. The summed E-state index contributed by atoms with van der Waals surface area (Å²) in [5.41, 5.74) is 1.11. The molecule has 6 heteroatoms. The average Bonchev–Trinajstić information content (AvgIpc) is 2.74. The molecule has 3 rings (SSSR count). The van der Waals surface area contributed by atoms with Gasteiger partial charge in [-0.3, -0.25) is 4.79 Å². The molecule has 1 aliphatic heterocycles. The molecule has 150 valence electrons. The summed E-state index contributed by atoms with van der Waals surface area (Å²) in [4.78, 5) is 14.0. The minimum atomic E-state index is -0.129. The molecule has 1 amide bonds. The van der Waals surface area contributed by atoms with Crippen LogP contribution in [-0.4, -0.2) is 52.0 Å². The molecule has 0 bridgehead atoms. The summed E-state index contributed by atoms with van der Waals surface area (Å²) in [6.45, 7) is 6.84. The van der Waals surface area contributed by atoms with E-state index < -0.39 is 0 Å². The van der Waals surface area contributed by atoms with Crippen LogP contribution in [0.3, 0.4) is 0 Å². The van der Waals surface area contributed by atoms with Crippen LogP contribution in [0.2, 0.25) is 0 Å². The van der Waals surface area contributed by atoms with Gasteiger partial charge < -0.3 is 24.4 Å². The molecule has 0 unspecified atom stereocenters. The Balaban J connectivity index is 1.55. The van der Waals surface area contributed by atoms with Gasteiger partial charge in [-0.25, -0.2) is 0 Å². The predicted molar refractivity (Wildman–Crippen MR) is 107 cm³/mol. The number of ether oxygens (including phenoxy) is 3. The minimum absolute atomic E-state index is 0.0181. The lowest BCUT2D eigenvalue weighted by molar-refractivity contribution is -0.909. The third-order valence-corrected chi connectivity index (χ3v) is 4.73. The van der Waals surface area contributed by atoms with Crippen LogP contribution < -0.4 is 19.7 Å². The summed E-state index contributed by atoms with van der Waals surface area (Å²) < 4.78 is 16.5. The quantitative estimate of drug-likeness (QED) is 0.682. The fourth-order valence-corrected chi connectivity index (χ4v) is 3.27. The van der Waals surface area contributed by atoms with Gasteiger partial charge in [0.15, 0.2) is 6.61 Å². The van der Waals surface area contributed by atoms with Crippen molar-refractivity contribution < 1.29 is 23.9 Å². The van der Waals surface area contributed by atoms with Crippen molar-refractivity contribution in [2.75, 3.05) is 46.1 Å². The molecule has 0 radical (unpaired) electrons. The predicted octanol–water partition coefficient (Wildman–Crippen LogP) is 1.24. The first-order chi connectivity index (χ1) is 13.7. The molecule has 28 heavy (non-hydrogen) atoms. The molecule has 0 aliphatic carbocycles. The first kappa shape index (κ1) is 20.2. The van der Waals surface area contributed by atoms with Crippen LogP contribution in [0, 0.1) is 0 Å². The van der Waals surface area contributed by atoms with Crippen LogP contribution in [0.25, 0.3) is 0 Å². The van der Waals surface area contributed by atoms with Crippen LogP contribution >= 0.6 is 0 Å². The lowest BCUT2D eigenvalue weighted by Gasteiger charge is -2.28. The number of morpholine rings is 1. The summed E-state index contributed by atoms with van der Waals surface area (Å²) in [5, 5.41) is 3.13. The molecule has 1 fully saturated rings. The zero-order valence-electron chi connectivity index (χ0n) is 16.4. The van der Waals surface area contributed by atoms with E-state index in [1.807, 2.05) is 49.4 Å². The number of hydrogen-bond donors (Lipinski definition) is 2. The van der Waals surface area contributed by atoms with Crippen molar-refractivity contribution in [2.24, 2.45) is 0 Å². The summed E-state index contributed by atoms with van der Waals surface area (Å²) in [5.74, 6) is 1.31. The van der Waals surface area contributed by atoms with E-state index in [2.05, 4.69) is 17.4 Å². The maximum Gasteiger partial charge on any atom is 0.258 e. The van der Waals surface area contributed by atoms with Crippen molar-refractivity contribution >= 4 is 5.91 Å². The number of amides is 1. The van der Waals surface area contributed by atoms with E-state index >= 15 is 0 Å². The van der Waals surface area contributed by atoms with Crippen molar-refractivity contribution in [2.45, 2.75) is 13.0 Å². The number of carbonyl (C=O) groups is 1. The van der Waals surface area contributed by atoms with Gasteiger partial charge in [-0.1, -0.05) is 30.3 Å². The molecule has 1 atom stereocenters. The molecule has 2 aromatic carbocycles. The lowest BCUT2D eigenvalue weighted by atomic mass is 10.1. The van der Waals surface area contributed by atoms with Crippen molar-refractivity contribution in [3.05, 3.63) is 60.2 Å². The number of benzene rings is 2. The Morgan fingerprint density at radius 3 is 2.32 bits per heavy atom. The monoisotopic (exact) mass is 385 g/mol. The fraction of sp³-hybridized carbons (Fsp3) is 0.409. The highest BCUT2D eigenvalue weighted by Gasteiger charge is 2.23. The Kier molecular flexibility index (Phi) is 7.70. The van der Waals surface area contributed by atoms with Gasteiger partial charge in [-0.2, -0.15) is 0 Å². The van der Waals surface area contributed by atoms with Gasteiger partial charge in [0.1, 0.15) is 37.2 Å². The molecule has 2 aromatic rings. The van der Waals surface area contributed by atoms with Gasteiger partial charge in [0, 0.05) is 0 Å². The molecular formula is C22H29N2O4+. The smallest absolute Gasteiger partial charge is 0.258 e. The van der Waals surface area contributed by atoms with E-state index in [1.165, 1.54) is 4.90 Å². The lowest BCUT2D eigenvalue weighted by Crippen LogP contribution is -3.14. The van der Waals surface area contributed by atoms with E-state index in [0.29, 0.717) is 12.4 Å². The summed E-state index contributed by atoms with van der Waals surface area (Å²) >= 11 is 0. The van der Waals surface area contributed by atoms with Gasteiger partial charge >= 0.3 is 0 Å². The molecule has 0 spiro atoms. The fourth-order valence-electron chi connectivity index (χ4n) is 3.27. The van der Waals surface area contributed by atoms with Crippen molar-refractivity contribution in [1.82, 2.24) is 5.32 Å². The number of nitrogens with one attached hydrogen (secondary N) is 2. The molecule has 1 saturated heterocycles. The van der Waals surface area contributed by atoms with Gasteiger partial charge in [0.25, 0.3) is 5.91 Å². The Labute approximate surface area is 166 Å². The van der Waals surface area contributed by atoms with Gasteiger partial charge in [0.2, 0.25) is 0 Å². The van der Waals surface area contributed by atoms with E-state index in [-0.39, 0.29) is 18.6 Å². The largest absolute Gasteiger partial charge is 0.494 e. The van der Waals surface area contributed by atoms with Crippen LogP contribution in [0.15, 0.2) is 54.6 Å². The Hall–Kier alpha value is -2.57. The standard InChI is InChI=1S/C22H28N2O4/c1-2-27-19-8-10-20(11-9-19)28-17-22(25)23-21(18-6-4-3-5-7-18)16-24-12-14-26-15-13-24/h3-11,21H,2,12-17H2,1H3,(H,23,25)/p+1/t21-/m1/s1. The third-order valence-electron chi connectivity index (χ3n) is 4.73. The number of hydrogen-bond acceptors (Lipinski definition) is 4. The van der Waals surface area contributed by atoms with Crippen molar-refractivity contribution in [3.63, 3.8) is 0 Å². The Bertz CT molecular complexity index is 715.